The number of nitro groups is 1. The van der Waals surface area contributed by atoms with Crippen LogP contribution in [-0.2, 0) is 4.79 Å². The van der Waals surface area contributed by atoms with Gasteiger partial charge in [0, 0.05) is 11.3 Å². The van der Waals surface area contributed by atoms with Gasteiger partial charge in [0.05, 0.1) is 5.41 Å². The molecule has 0 radical (unpaired) electrons. The molecular weight excluding hydrogens is 182 g/mol. The van der Waals surface area contributed by atoms with Crippen LogP contribution in [0.1, 0.15) is 32.6 Å². The molecule has 2 atom stereocenters. The summed E-state index contributed by atoms with van der Waals surface area (Å²) in [4.78, 5) is 20.9. The zero-order valence-corrected chi connectivity index (χ0v) is 8.31. The molecule has 0 spiro atoms. The van der Waals surface area contributed by atoms with Gasteiger partial charge in [-0.25, -0.2) is 0 Å². The summed E-state index contributed by atoms with van der Waals surface area (Å²) < 4.78 is 0. The second kappa shape index (κ2) is 4.35. The van der Waals surface area contributed by atoms with Crippen LogP contribution in [0.3, 0.4) is 0 Å². The van der Waals surface area contributed by atoms with E-state index in [2.05, 4.69) is 0 Å². The predicted molar refractivity (Wildman–Crippen MR) is 52.6 cm³/mol. The van der Waals surface area contributed by atoms with Crippen molar-refractivity contribution >= 4 is 6.29 Å². The normalized spacial score (nSPS) is 30.5. The maximum atomic E-state index is 10.7. The van der Waals surface area contributed by atoms with Crippen molar-refractivity contribution < 1.29 is 9.72 Å². The third-order valence-corrected chi connectivity index (χ3v) is 2.74. The van der Waals surface area contributed by atoms with Crippen molar-refractivity contribution in [3.8, 4) is 0 Å². The Morgan fingerprint density at radius 2 is 2.29 bits per heavy atom. The average molecular weight is 197 g/mol. The fourth-order valence-electron chi connectivity index (χ4n) is 1.68. The monoisotopic (exact) mass is 197 g/mol. The van der Waals surface area contributed by atoms with Gasteiger partial charge in [0.25, 0.3) is 0 Å². The van der Waals surface area contributed by atoms with Gasteiger partial charge in [-0.2, -0.15) is 0 Å². The lowest BCUT2D eigenvalue weighted by molar-refractivity contribution is -0.500. The van der Waals surface area contributed by atoms with Gasteiger partial charge < -0.3 is 4.79 Å². The molecule has 1 fully saturated rings. The summed E-state index contributed by atoms with van der Waals surface area (Å²) in [5.41, 5.74) is -0.651. The molecule has 0 aromatic carbocycles. The van der Waals surface area contributed by atoms with E-state index in [0.29, 0.717) is 12.8 Å². The number of aldehydes is 1. The van der Waals surface area contributed by atoms with Crippen LogP contribution in [0, 0.1) is 15.5 Å². The highest BCUT2D eigenvalue weighted by Crippen LogP contribution is 2.49. The Bertz CT molecular complexity index is 262. The van der Waals surface area contributed by atoms with E-state index in [1.54, 1.807) is 0 Å². The van der Waals surface area contributed by atoms with E-state index in [9.17, 15) is 14.9 Å². The maximum absolute atomic E-state index is 10.7. The van der Waals surface area contributed by atoms with E-state index in [-0.39, 0.29) is 4.92 Å². The molecule has 0 heterocycles. The van der Waals surface area contributed by atoms with E-state index in [1.165, 1.54) is 0 Å². The molecule has 4 heteroatoms. The smallest absolute Gasteiger partial charge is 0.226 e. The molecule has 0 N–H and O–H groups in total. The van der Waals surface area contributed by atoms with Crippen LogP contribution in [-0.4, -0.2) is 17.3 Å². The summed E-state index contributed by atoms with van der Waals surface area (Å²) in [6, 6.07) is -0.630. The largest absolute Gasteiger partial charge is 0.302 e. The first kappa shape index (κ1) is 10.9. The zero-order valence-electron chi connectivity index (χ0n) is 8.31. The van der Waals surface area contributed by atoms with Crippen LogP contribution in [0.5, 0.6) is 0 Å². The SMILES string of the molecule is CC/C=C\CC[C@]1(C=O)C[C@H]1[N+](=O)[O-]. The highest BCUT2D eigenvalue weighted by Gasteiger charge is 2.63. The number of carbonyl (C=O) groups is 1. The Balaban J connectivity index is 2.39. The summed E-state index contributed by atoms with van der Waals surface area (Å²) in [5, 5.41) is 10.5. The summed E-state index contributed by atoms with van der Waals surface area (Å²) in [7, 11) is 0. The van der Waals surface area contributed by atoms with Gasteiger partial charge in [0.1, 0.15) is 6.29 Å². The van der Waals surface area contributed by atoms with Gasteiger partial charge in [0.15, 0.2) is 0 Å². The van der Waals surface area contributed by atoms with Crippen molar-refractivity contribution in [2.75, 3.05) is 0 Å². The summed E-state index contributed by atoms with van der Waals surface area (Å²) in [6.07, 6.45) is 7.52. The third-order valence-electron chi connectivity index (χ3n) is 2.74. The molecule has 78 valence electrons. The number of carbonyl (C=O) groups excluding carboxylic acids is 1. The molecule has 1 saturated carbocycles. The van der Waals surface area contributed by atoms with Crippen LogP contribution in [0.15, 0.2) is 12.2 Å². The minimum absolute atomic E-state index is 0.335. The molecule has 0 aromatic heterocycles. The maximum Gasteiger partial charge on any atom is 0.226 e. The first-order valence-corrected chi connectivity index (χ1v) is 4.91. The fourth-order valence-corrected chi connectivity index (χ4v) is 1.68. The lowest BCUT2D eigenvalue weighted by atomic mass is 10.0. The number of hydrogen-bond donors (Lipinski definition) is 0. The number of hydrogen-bond acceptors (Lipinski definition) is 3. The summed E-state index contributed by atoms with van der Waals surface area (Å²) in [6.45, 7) is 2.03. The van der Waals surface area contributed by atoms with Crippen LogP contribution >= 0.6 is 0 Å². The van der Waals surface area contributed by atoms with Gasteiger partial charge >= 0.3 is 0 Å². The molecule has 4 nitrogen and oxygen atoms in total. The van der Waals surface area contributed by atoms with E-state index >= 15 is 0 Å². The van der Waals surface area contributed by atoms with Crippen molar-refractivity contribution in [2.45, 2.75) is 38.6 Å². The second-order valence-corrected chi connectivity index (χ2v) is 3.77. The first-order chi connectivity index (χ1) is 6.66. The van der Waals surface area contributed by atoms with Crippen molar-refractivity contribution in [3.05, 3.63) is 22.3 Å². The van der Waals surface area contributed by atoms with Crippen molar-refractivity contribution in [1.29, 1.82) is 0 Å². The number of allylic oxidation sites excluding steroid dienone is 2. The molecule has 1 aliphatic rings. The minimum Gasteiger partial charge on any atom is -0.302 e. The van der Waals surface area contributed by atoms with Crippen LogP contribution in [0.4, 0.5) is 0 Å². The van der Waals surface area contributed by atoms with E-state index in [0.717, 1.165) is 19.1 Å². The zero-order chi connectivity index (χ0) is 10.6. The number of rotatable bonds is 6. The molecular formula is C10H15NO3. The Morgan fingerprint density at radius 1 is 1.57 bits per heavy atom. The number of nitrogens with zero attached hydrogens (tertiary/aromatic N) is 1. The molecule has 0 saturated heterocycles. The fraction of sp³-hybridized carbons (Fsp3) is 0.700. The average Bonchev–Trinajstić information content (AvgIpc) is 2.88. The Labute approximate surface area is 83.1 Å². The molecule has 0 bridgehead atoms. The van der Waals surface area contributed by atoms with Gasteiger partial charge in [-0.05, 0) is 19.3 Å². The molecule has 14 heavy (non-hydrogen) atoms. The topological polar surface area (TPSA) is 60.2 Å². The highest BCUT2D eigenvalue weighted by molar-refractivity contribution is 5.65. The predicted octanol–water partition coefficient (Wildman–Crippen LogP) is 1.97. The quantitative estimate of drug-likeness (QED) is 0.283. The van der Waals surface area contributed by atoms with Crippen molar-refractivity contribution in [1.82, 2.24) is 0 Å². The second-order valence-electron chi connectivity index (χ2n) is 3.77. The van der Waals surface area contributed by atoms with E-state index < -0.39 is 11.5 Å². The molecule has 0 aromatic rings. The summed E-state index contributed by atoms with van der Waals surface area (Å²) >= 11 is 0. The minimum atomic E-state index is -0.651. The van der Waals surface area contributed by atoms with Crippen LogP contribution in [0.2, 0.25) is 0 Å². The highest BCUT2D eigenvalue weighted by atomic mass is 16.6. The Kier molecular flexibility index (Phi) is 3.38. The van der Waals surface area contributed by atoms with E-state index in [1.807, 2.05) is 19.1 Å². The van der Waals surface area contributed by atoms with Gasteiger partial charge in [0.2, 0.25) is 6.04 Å². The van der Waals surface area contributed by atoms with Crippen LogP contribution in [0.25, 0.3) is 0 Å². The Hall–Kier alpha value is -1.19. The lowest BCUT2D eigenvalue weighted by Crippen LogP contribution is -2.15. The van der Waals surface area contributed by atoms with Crippen LogP contribution < -0.4 is 0 Å². The van der Waals surface area contributed by atoms with Crippen molar-refractivity contribution in [2.24, 2.45) is 5.41 Å². The van der Waals surface area contributed by atoms with Crippen molar-refractivity contribution in [3.63, 3.8) is 0 Å². The summed E-state index contributed by atoms with van der Waals surface area (Å²) in [5.74, 6) is 0. The first-order valence-electron chi connectivity index (χ1n) is 4.91. The molecule has 1 aliphatic carbocycles. The molecule has 0 amide bonds. The molecule has 0 unspecified atom stereocenters. The van der Waals surface area contributed by atoms with Gasteiger partial charge in [-0.1, -0.05) is 19.1 Å². The standard InChI is InChI=1S/C10H15NO3/c1-2-3-4-5-6-10(8-12)7-9(10)11(13)14/h3-4,8-9H,2,5-7H2,1H3/b4-3-/t9-,10-/m1/s1. The molecule has 0 aliphatic heterocycles. The Morgan fingerprint density at radius 3 is 2.71 bits per heavy atom. The van der Waals surface area contributed by atoms with E-state index in [4.69, 9.17) is 0 Å². The lowest BCUT2D eigenvalue weighted by Gasteiger charge is -2.02. The third kappa shape index (κ3) is 2.19. The van der Waals surface area contributed by atoms with Gasteiger partial charge in [-0.3, -0.25) is 10.1 Å². The molecule has 1 rings (SSSR count). The van der Waals surface area contributed by atoms with Gasteiger partial charge in [-0.15, -0.1) is 0 Å².